The molecule has 0 aliphatic carbocycles. The van der Waals surface area contributed by atoms with Crippen molar-refractivity contribution in [2.45, 2.75) is 0 Å². The maximum atomic E-state index is 10.8. The minimum atomic E-state index is -0.522. The number of hydrogen-bond donors (Lipinski definition) is 4. The number of nitrogens with zero attached hydrogens (tertiary/aromatic N) is 2. The first-order valence-corrected chi connectivity index (χ1v) is 3.92. The zero-order valence-electron chi connectivity index (χ0n) is 7.66. The van der Waals surface area contributed by atoms with Crippen molar-refractivity contribution in [3.05, 3.63) is 29.0 Å². The topological polar surface area (TPSA) is 131 Å². The van der Waals surface area contributed by atoms with E-state index in [2.05, 4.69) is 5.10 Å². The molecule has 0 aromatic heterocycles. The van der Waals surface area contributed by atoms with Crippen molar-refractivity contribution in [1.29, 1.82) is 0 Å². The standard InChI is InChI=1S/C8H10N4O3/c9-8(10)12(15)11-4-5-2-1-3-6(13)7(5)14/h1-4,13-14H,9-10H2. The molecule has 0 aliphatic heterocycles. The quantitative estimate of drug-likeness (QED) is 0.127. The smallest absolute Gasteiger partial charge is 0.366 e. The first-order chi connectivity index (χ1) is 7.02. The molecule has 0 heterocycles. The first kappa shape index (κ1) is 10.6. The molecule has 0 atom stereocenters. The molecule has 7 nitrogen and oxygen atoms in total. The van der Waals surface area contributed by atoms with Gasteiger partial charge in [-0.25, -0.2) is 0 Å². The lowest BCUT2D eigenvalue weighted by Gasteiger charge is -2.03. The van der Waals surface area contributed by atoms with Crippen LogP contribution in [-0.4, -0.2) is 27.2 Å². The predicted molar refractivity (Wildman–Crippen MR) is 54.4 cm³/mol. The third-order valence-electron chi connectivity index (χ3n) is 1.57. The highest BCUT2D eigenvalue weighted by molar-refractivity contribution is 5.84. The van der Waals surface area contributed by atoms with E-state index in [4.69, 9.17) is 16.6 Å². The molecule has 80 valence electrons. The number of guanidine groups is 1. The Morgan fingerprint density at radius 1 is 1.40 bits per heavy atom. The molecule has 0 saturated carbocycles. The van der Waals surface area contributed by atoms with Gasteiger partial charge < -0.3 is 15.4 Å². The van der Waals surface area contributed by atoms with Crippen LogP contribution < -0.4 is 11.5 Å². The lowest BCUT2D eigenvalue weighted by molar-refractivity contribution is -0.463. The van der Waals surface area contributed by atoms with Gasteiger partial charge in [-0.3, -0.25) is 11.5 Å². The number of hydrazone groups is 1. The molecule has 0 aliphatic rings. The Hall–Kier alpha value is -2.44. The van der Waals surface area contributed by atoms with Crippen LogP contribution >= 0.6 is 0 Å². The molecule has 1 aromatic rings. The average Bonchev–Trinajstić information content (AvgIpc) is 2.19. The van der Waals surface area contributed by atoms with Gasteiger partial charge >= 0.3 is 5.96 Å². The average molecular weight is 210 g/mol. The van der Waals surface area contributed by atoms with Gasteiger partial charge in [0.25, 0.3) is 0 Å². The molecule has 0 spiro atoms. The van der Waals surface area contributed by atoms with Crippen LogP contribution in [0.3, 0.4) is 0 Å². The fourth-order valence-corrected chi connectivity index (χ4v) is 0.834. The minimum Gasteiger partial charge on any atom is -0.722 e. The molecule has 1 aromatic carbocycles. The van der Waals surface area contributed by atoms with Gasteiger partial charge in [0.1, 0.15) is 0 Å². The third-order valence-corrected chi connectivity index (χ3v) is 1.57. The number of aromatic hydroxyl groups is 2. The number of para-hydroxylation sites is 1. The van der Waals surface area contributed by atoms with Gasteiger partial charge in [-0.05, 0) is 12.1 Å². The number of hydrogen-bond acceptors (Lipinski definition) is 4. The van der Waals surface area contributed by atoms with Crippen molar-refractivity contribution in [1.82, 2.24) is 0 Å². The van der Waals surface area contributed by atoms with Crippen LogP contribution in [0.15, 0.2) is 23.3 Å². The van der Waals surface area contributed by atoms with Gasteiger partial charge in [0, 0.05) is 5.56 Å². The number of benzene rings is 1. The Balaban J connectivity index is 3.01. The van der Waals surface area contributed by atoms with E-state index in [1.54, 1.807) is 0 Å². The second-order valence-corrected chi connectivity index (χ2v) is 2.66. The molecule has 0 fully saturated rings. The second kappa shape index (κ2) is 4.18. The van der Waals surface area contributed by atoms with E-state index in [1.165, 1.54) is 18.2 Å². The number of rotatable bonds is 2. The summed E-state index contributed by atoms with van der Waals surface area (Å²) in [5.74, 6) is -1.20. The summed E-state index contributed by atoms with van der Waals surface area (Å²) in [7, 11) is 0. The van der Waals surface area contributed by atoms with E-state index >= 15 is 0 Å². The van der Waals surface area contributed by atoms with Crippen LogP contribution in [0.25, 0.3) is 0 Å². The van der Waals surface area contributed by atoms with Gasteiger partial charge in [-0.1, -0.05) is 6.07 Å². The summed E-state index contributed by atoms with van der Waals surface area (Å²) in [5, 5.41) is 32.5. The molecular formula is C8H10N4O3. The summed E-state index contributed by atoms with van der Waals surface area (Å²) in [6.07, 6.45) is 1.03. The lowest BCUT2D eigenvalue weighted by atomic mass is 10.2. The summed E-state index contributed by atoms with van der Waals surface area (Å²) >= 11 is 0. The fraction of sp³-hybridized carbons (Fsp3) is 0. The summed E-state index contributed by atoms with van der Waals surface area (Å²) in [5.41, 5.74) is 10.1. The Bertz CT molecular complexity index is 424. The lowest BCUT2D eigenvalue weighted by Crippen LogP contribution is -2.30. The molecule has 0 bridgehead atoms. The first-order valence-electron chi connectivity index (χ1n) is 3.92. The zero-order chi connectivity index (χ0) is 11.4. The Labute approximate surface area is 85.1 Å². The van der Waals surface area contributed by atoms with Gasteiger partial charge in [0.05, 0.1) is 6.21 Å². The SMILES string of the molecule is NC(N)=[N+]([O-])N=Cc1cccc(O)c1O. The van der Waals surface area contributed by atoms with Crippen LogP contribution in [0.1, 0.15) is 5.56 Å². The van der Waals surface area contributed by atoms with E-state index in [0.29, 0.717) is 0 Å². The molecule has 0 saturated heterocycles. The van der Waals surface area contributed by atoms with Crippen molar-refractivity contribution in [3.8, 4) is 11.5 Å². The number of phenols is 2. The van der Waals surface area contributed by atoms with E-state index in [0.717, 1.165) is 6.21 Å². The molecule has 15 heavy (non-hydrogen) atoms. The number of phenolic OH excluding ortho intramolecular Hbond substituents is 2. The molecule has 0 amide bonds. The normalized spacial score (nSPS) is 10.4. The van der Waals surface area contributed by atoms with E-state index < -0.39 is 5.96 Å². The Morgan fingerprint density at radius 2 is 2.07 bits per heavy atom. The van der Waals surface area contributed by atoms with Crippen LogP contribution in [0, 0.1) is 5.21 Å². The van der Waals surface area contributed by atoms with E-state index in [1.807, 2.05) is 0 Å². The van der Waals surface area contributed by atoms with Crippen LogP contribution in [0.4, 0.5) is 0 Å². The maximum absolute atomic E-state index is 10.8. The Kier molecular flexibility index (Phi) is 2.97. The molecule has 7 heteroatoms. The summed E-state index contributed by atoms with van der Waals surface area (Å²) in [4.78, 5) is -0.0104. The highest BCUT2D eigenvalue weighted by Crippen LogP contribution is 2.26. The van der Waals surface area contributed by atoms with Crippen LogP contribution in [0.2, 0.25) is 0 Å². The Morgan fingerprint density at radius 3 is 2.67 bits per heavy atom. The van der Waals surface area contributed by atoms with Gasteiger partial charge in [-0.2, -0.15) is 0 Å². The van der Waals surface area contributed by atoms with Crippen LogP contribution in [0.5, 0.6) is 11.5 Å². The van der Waals surface area contributed by atoms with Crippen molar-refractivity contribution in [2.24, 2.45) is 16.6 Å². The van der Waals surface area contributed by atoms with Crippen molar-refractivity contribution < 1.29 is 15.1 Å². The van der Waals surface area contributed by atoms with Gasteiger partial charge in [0.15, 0.2) is 11.5 Å². The summed E-state index contributed by atoms with van der Waals surface area (Å²) < 4.78 is 0. The van der Waals surface area contributed by atoms with Crippen LogP contribution in [-0.2, 0) is 0 Å². The second-order valence-electron chi connectivity index (χ2n) is 2.66. The molecule has 0 radical (unpaired) electrons. The fourth-order valence-electron chi connectivity index (χ4n) is 0.834. The molecule has 1 rings (SSSR count). The predicted octanol–water partition coefficient (Wildman–Crippen LogP) is -0.785. The highest BCUT2D eigenvalue weighted by Gasteiger charge is 2.02. The molecular weight excluding hydrogens is 200 g/mol. The van der Waals surface area contributed by atoms with Crippen molar-refractivity contribution in [3.63, 3.8) is 0 Å². The largest absolute Gasteiger partial charge is 0.722 e. The summed E-state index contributed by atoms with van der Waals surface area (Å²) in [6.45, 7) is 0. The molecule has 6 N–H and O–H groups in total. The van der Waals surface area contributed by atoms with Gasteiger partial charge in [0.2, 0.25) is 0 Å². The summed E-state index contributed by atoms with van der Waals surface area (Å²) in [6, 6.07) is 4.24. The van der Waals surface area contributed by atoms with E-state index in [9.17, 15) is 10.3 Å². The maximum Gasteiger partial charge on any atom is 0.366 e. The third kappa shape index (κ3) is 2.50. The van der Waals surface area contributed by atoms with Crippen molar-refractivity contribution in [2.75, 3.05) is 0 Å². The van der Waals surface area contributed by atoms with E-state index in [-0.39, 0.29) is 21.9 Å². The van der Waals surface area contributed by atoms with Crippen molar-refractivity contribution >= 4 is 12.2 Å². The highest BCUT2D eigenvalue weighted by atomic mass is 16.5. The zero-order valence-corrected chi connectivity index (χ0v) is 7.66. The number of nitrogens with two attached hydrogens (primary N) is 2. The van der Waals surface area contributed by atoms with Gasteiger partial charge in [-0.15, -0.1) is 9.95 Å². The molecule has 0 unspecified atom stereocenters. The minimum absolute atomic E-state index is 0.0104. The monoisotopic (exact) mass is 210 g/mol.